The predicted octanol–water partition coefficient (Wildman–Crippen LogP) is 1.52. The summed E-state index contributed by atoms with van der Waals surface area (Å²) in [5.74, 6) is 0.0615. The summed E-state index contributed by atoms with van der Waals surface area (Å²) in [5.41, 5.74) is 0.0521. The first-order valence-electron chi connectivity index (χ1n) is 5.85. The molecular weight excluding hydrogens is 268 g/mol. The van der Waals surface area contributed by atoms with Crippen molar-refractivity contribution >= 4 is 23.6 Å². The smallest absolute Gasteiger partial charge is 0.313 e. The lowest BCUT2D eigenvalue weighted by molar-refractivity contribution is -0.133. The van der Waals surface area contributed by atoms with Crippen molar-refractivity contribution in [3.05, 3.63) is 17.5 Å². The topological polar surface area (TPSA) is 92.4 Å². The first-order chi connectivity index (χ1) is 8.80. The van der Waals surface area contributed by atoms with Gasteiger partial charge in [0.2, 0.25) is 0 Å². The average Bonchev–Trinajstić information content (AvgIpc) is 2.76. The molecule has 1 aromatic rings. The summed E-state index contributed by atoms with van der Waals surface area (Å²) in [6.45, 7) is 6.31. The minimum Gasteiger partial charge on any atom is -0.481 e. The Balaban J connectivity index is 2.38. The molecule has 0 atom stereocenters. The van der Waals surface area contributed by atoms with E-state index < -0.39 is 5.97 Å². The van der Waals surface area contributed by atoms with Gasteiger partial charge in [-0.05, 0) is 0 Å². The van der Waals surface area contributed by atoms with Crippen LogP contribution in [0.5, 0.6) is 0 Å². The summed E-state index contributed by atoms with van der Waals surface area (Å²) in [6.07, 6.45) is 0. The van der Waals surface area contributed by atoms with Crippen molar-refractivity contribution in [2.75, 3.05) is 18.1 Å². The number of aromatic nitrogens is 1. The molecule has 0 aliphatic heterocycles. The van der Waals surface area contributed by atoms with E-state index in [0.29, 0.717) is 18.1 Å². The van der Waals surface area contributed by atoms with Crippen molar-refractivity contribution in [1.29, 1.82) is 0 Å². The van der Waals surface area contributed by atoms with Gasteiger partial charge in [-0.3, -0.25) is 9.59 Å². The van der Waals surface area contributed by atoms with Gasteiger partial charge in [0.1, 0.15) is 5.76 Å². The summed E-state index contributed by atoms with van der Waals surface area (Å²) in [7, 11) is 0. The maximum absolute atomic E-state index is 11.7. The van der Waals surface area contributed by atoms with Crippen LogP contribution in [0.25, 0.3) is 0 Å². The molecule has 19 heavy (non-hydrogen) atoms. The molecule has 0 saturated heterocycles. The number of hydrogen-bond acceptors (Lipinski definition) is 5. The van der Waals surface area contributed by atoms with Crippen molar-refractivity contribution in [2.24, 2.45) is 0 Å². The summed E-state index contributed by atoms with van der Waals surface area (Å²) in [6, 6.07) is 1.62. The fourth-order valence-electron chi connectivity index (χ4n) is 1.22. The molecule has 1 aromatic heterocycles. The van der Waals surface area contributed by atoms with Gasteiger partial charge in [0.25, 0.3) is 5.91 Å². The van der Waals surface area contributed by atoms with E-state index in [9.17, 15) is 9.59 Å². The Kier molecular flexibility index (Phi) is 5.41. The highest BCUT2D eigenvalue weighted by atomic mass is 32.2. The van der Waals surface area contributed by atoms with Crippen LogP contribution in [0.1, 0.15) is 37.0 Å². The van der Waals surface area contributed by atoms with Crippen molar-refractivity contribution in [2.45, 2.75) is 26.2 Å². The molecule has 7 heteroatoms. The molecule has 0 radical (unpaired) electrons. The van der Waals surface area contributed by atoms with E-state index in [-0.39, 0.29) is 22.8 Å². The zero-order valence-corrected chi connectivity index (χ0v) is 12.0. The van der Waals surface area contributed by atoms with Gasteiger partial charge in [-0.1, -0.05) is 25.9 Å². The first kappa shape index (κ1) is 15.6. The van der Waals surface area contributed by atoms with Crippen LogP contribution >= 0.6 is 11.8 Å². The highest BCUT2D eigenvalue weighted by Crippen LogP contribution is 2.22. The molecule has 6 nitrogen and oxygen atoms in total. The van der Waals surface area contributed by atoms with E-state index in [1.165, 1.54) is 11.8 Å². The van der Waals surface area contributed by atoms with E-state index in [4.69, 9.17) is 9.63 Å². The van der Waals surface area contributed by atoms with Gasteiger partial charge >= 0.3 is 5.97 Å². The van der Waals surface area contributed by atoms with E-state index >= 15 is 0 Å². The third-order valence-electron chi connectivity index (χ3n) is 2.24. The molecule has 0 saturated carbocycles. The molecule has 0 bridgehead atoms. The molecule has 0 aromatic carbocycles. The van der Waals surface area contributed by atoms with Crippen LogP contribution < -0.4 is 5.32 Å². The number of carbonyl (C=O) groups excluding carboxylic acids is 1. The third-order valence-corrected chi connectivity index (χ3v) is 3.18. The van der Waals surface area contributed by atoms with Gasteiger partial charge in [0, 0.05) is 23.8 Å². The lowest BCUT2D eigenvalue weighted by atomic mass is 9.93. The fourth-order valence-corrected chi connectivity index (χ4v) is 1.79. The zero-order valence-electron chi connectivity index (χ0n) is 11.2. The molecule has 1 rings (SSSR count). The quantitative estimate of drug-likeness (QED) is 0.770. The Hall–Kier alpha value is -1.50. The van der Waals surface area contributed by atoms with Crippen LogP contribution in [-0.2, 0) is 10.2 Å². The van der Waals surface area contributed by atoms with Crippen molar-refractivity contribution in [3.63, 3.8) is 0 Å². The predicted molar refractivity (Wildman–Crippen MR) is 72.5 cm³/mol. The Morgan fingerprint density at radius 2 is 2.16 bits per heavy atom. The molecule has 1 amide bonds. The molecule has 0 spiro atoms. The number of hydrogen-bond donors (Lipinski definition) is 2. The van der Waals surface area contributed by atoms with Gasteiger partial charge in [0.15, 0.2) is 5.69 Å². The van der Waals surface area contributed by atoms with Crippen LogP contribution in [0.3, 0.4) is 0 Å². The maximum Gasteiger partial charge on any atom is 0.313 e. The highest BCUT2D eigenvalue weighted by Gasteiger charge is 2.21. The summed E-state index contributed by atoms with van der Waals surface area (Å²) < 4.78 is 5.12. The fraction of sp³-hybridized carbons (Fsp3) is 0.583. The van der Waals surface area contributed by atoms with E-state index in [1.54, 1.807) is 6.07 Å². The van der Waals surface area contributed by atoms with Crippen molar-refractivity contribution in [3.8, 4) is 0 Å². The lowest BCUT2D eigenvalue weighted by Gasteiger charge is -2.12. The normalized spacial score (nSPS) is 11.3. The number of nitrogens with zero attached hydrogens (tertiary/aromatic N) is 1. The Bertz CT molecular complexity index is 451. The number of carbonyl (C=O) groups is 2. The number of carboxylic acids is 1. The van der Waals surface area contributed by atoms with Crippen LogP contribution in [0, 0.1) is 0 Å². The number of nitrogens with one attached hydrogen (secondary N) is 1. The Morgan fingerprint density at radius 1 is 1.47 bits per heavy atom. The summed E-state index contributed by atoms with van der Waals surface area (Å²) >= 11 is 1.25. The molecular formula is C12H18N2O4S. The second kappa shape index (κ2) is 6.60. The van der Waals surface area contributed by atoms with Gasteiger partial charge in [-0.15, -0.1) is 11.8 Å². The largest absolute Gasteiger partial charge is 0.481 e. The van der Waals surface area contributed by atoms with E-state index in [2.05, 4.69) is 10.5 Å². The van der Waals surface area contributed by atoms with Gasteiger partial charge in [-0.2, -0.15) is 0 Å². The van der Waals surface area contributed by atoms with Crippen LogP contribution in [0.15, 0.2) is 10.6 Å². The van der Waals surface area contributed by atoms with Crippen molar-refractivity contribution < 1.29 is 19.2 Å². The number of rotatable bonds is 6. The molecule has 0 aliphatic rings. The molecule has 0 unspecified atom stereocenters. The van der Waals surface area contributed by atoms with Gasteiger partial charge in [0.05, 0.1) is 5.75 Å². The molecule has 0 fully saturated rings. The van der Waals surface area contributed by atoms with Gasteiger partial charge in [-0.25, -0.2) is 0 Å². The summed E-state index contributed by atoms with van der Waals surface area (Å²) in [5, 5.41) is 14.8. The summed E-state index contributed by atoms with van der Waals surface area (Å²) in [4.78, 5) is 22.0. The average molecular weight is 286 g/mol. The standard InChI is InChI=1S/C12H18N2O4S/c1-12(2,3)9-6-8(14-18-9)11(17)13-4-5-19-7-10(15)16/h6H,4-5,7H2,1-3H3,(H,13,17)(H,15,16). The van der Waals surface area contributed by atoms with Crippen LogP contribution in [0.2, 0.25) is 0 Å². The molecule has 1 heterocycles. The second-order valence-electron chi connectivity index (χ2n) is 5.03. The molecule has 106 valence electrons. The lowest BCUT2D eigenvalue weighted by Crippen LogP contribution is -2.26. The number of carboxylic acid groups (broad SMARTS) is 1. The third kappa shape index (κ3) is 5.34. The van der Waals surface area contributed by atoms with E-state index in [0.717, 1.165) is 0 Å². The molecule has 2 N–H and O–H groups in total. The Labute approximate surface area is 115 Å². The minimum absolute atomic E-state index is 0.0357. The first-order valence-corrected chi connectivity index (χ1v) is 7.01. The Morgan fingerprint density at radius 3 is 2.68 bits per heavy atom. The number of aliphatic carboxylic acids is 1. The zero-order chi connectivity index (χ0) is 14.5. The van der Waals surface area contributed by atoms with Gasteiger partial charge < -0.3 is 14.9 Å². The molecule has 0 aliphatic carbocycles. The van der Waals surface area contributed by atoms with Crippen LogP contribution in [0.4, 0.5) is 0 Å². The highest BCUT2D eigenvalue weighted by molar-refractivity contribution is 7.99. The number of thioether (sulfide) groups is 1. The minimum atomic E-state index is -0.859. The van der Waals surface area contributed by atoms with E-state index in [1.807, 2.05) is 20.8 Å². The number of amides is 1. The maximum atomic E-state index is 11.7. The second-order valence-corrected chi connectivity index (χ2v) is 6.13. The monoisotopic (exact) mass is 286 g/mol. The van der Waals surface area contributed by atoms with Crippen LogP contribution in [-0.4, -0.2) is 40.2 Å². The SMILES string of the molecule is CC(C)(C)c1cc(C(=O)NCCSCC(=O)O)no1. The van der Waals surface area contributed by atoms with Crippen molar-refractivity contribution in [1.82, 2.24) is 10.5 Å².